The monoisotopic (exact) mass is 197 g/mol. The van der Waals surface area contributed by atoms with Gasteiger partial charge in [-0.2, -0.15) is 0 Å². The molecule has 0 aliphatic rings. The highest BCUT2D eigenvalue weighted by molar-refractivity contribution is 7.09. The summed E-state index contributed by atoms with van der Waals surface area (Å²) in [7, 11) is 0. The predicted molar refractivity (Wildman–Crippen MR) is 55.0 cm³/mol. The van der Waals surface area contributed by atoms with E-state index >= 15 is 0 Å². The van der Waals surface area contributed by atoms with Crippen LogP contribution in [0.1, 0.15) is 31.0 Å². The van der Waals surface area contributed by atoms with E-state index in [1.807, 2.05) is 12.3 Å². The van der Waals surface area contributed by atoms with E-state index in [1.54, 1.807) is 11.3 Å². The molecule has 0 spiro atoms. The minimum Gasteiger partial charge on any atom is -0.299 e. The number of nitrogens with zero attached hydrogens (tertiary/aromatic N) is 1. The van der Waals surface area contributed by atoms with Gasteiger partial charge in [0.2, 0.25) is 0 Å². The molecular formula is C10H15NOS. The van der Waals surface area contributed by atoms with Crippen LogP contribution >= 0.6 is 11.3 Å². The number of thiazole rings is 1. The van der Waals surface area contributed by atoms with Crippen molar-refractivity contribution in [2.75, 3.05) is 0 Å². The van der Waals surface area contributed by atoms with Crippen LogP contribution in [0.2, 0.25) is 0 Å². The molecular weight excluding hydrogens is 182 g/mol. The first-order chi connectivity index (χ1) is 6.08. The van der Waals surface area contributed by atoms with E-state index in [0.717, 1.165) is 10.7 Å². The Hall–Kier alpha value is -0.700. The van der Waals surface area contributed by atoms with Gasteiger partial charge in [-0.05, 0) is 12.8 Å². The highest BCUT2D eigenvalue weighted by atomic mass is 32.1. The molecule has 0 saturated heterocycles. The number of rotatable bonds is 4. The lowest BCUT2D eigenvalue weighted by Gasteiger charge is -2.00. The molecule has 1 aromatic rings. The lowest BCUT2D eigenvalue weighted by molar-refractivity contribution is -0.119. The van der Waals surface area contributed by atoms with Gasteiger partial charge in [0, 0.05) is 17.5 Å². The summed E-state index contributed by atoms with van der Waals surface area (Å²) in [6, 6.07) is 0. The zero-order chi connectivity index (χ0) is 9.84. The number of ketones is 1. The minimum atomic E-state index is 0.296. The predicted octanol–water partition coefficient (Wildman–Crippen LogP) is 2.61. The van der Waals surface area contributed by atoms with E-state index in [1.165, 1.54) is 0 Å². The van der Waals surface area contributed by atoms with Gasteiger partial charge < -0.3 is 0 Å². The summed E-state index contributed by atoms with van der Waals surface area (Å²) in [6.07, 6.45) is 1.18. The van der Waals surface area contributed by atoms with E-state index in [4.69, 9.17) is 0 Å². The summed E-state index contributed by atoms with van der Waals surface area (Å²) in [5, 5.41) is 2.93. The Labute approximate surface area is 83.0 Å². The van der Waals surface area contributed by atoms with Gasteiger partial charge in [0.25, 0.3) is 0 Å². The molecule has 0 bridgehead atoms. The number of hydrogen-bond acceptors (Lipinski definition) is 3. The van der Waals surface area contributed by atoms with Crippen molar-refractivity contribution >= 4 is 17.1 Å². The second kappa shape index (κ2) is 4.51. The second-order valence-electron chi connectivity index (χ2n) is 3.70. The molecule has 1 rings (SSSR count). The molecule has 0 radical (unpaired) electrons. The van der Waals surface area contributed by atoms with Crippen LogP contribution in [0.15, 0.2) is 5.38 Å². The van der Waals surface area contributed by atoms with Crippen molar-refractivity contribution < 1.29 is 4.79 Å². The van der Waals surface area contributed by atoms with Crippen LogP contribution in [0.4, 0.5) is 0 Å². The van der Waals surface area contributed by atoms with Gasteiger partial charge >= 0.3 is 0 Å². The molecule has 1 aromatic heterocycles. The van der Waals surface area contributed by atoms with Crippen LogP contribution in [0.5, 0.6) is 0 Å². The van der Waals surface area contributed by atoms with Gasteiger partial charge in [0.05, 0.1) is 6.42 Å². The number of aromatic nitrogens is 1. The Morgan fingerprint density at radius 1 is 1.62 bits per heavy atom. The Morgan fingerprint density at radius 3 is 2.77 bits per heavy atom. The van der Waals surface area contributed by atoms with Crippen molar-refractivity contribution in [2.24, 2.45) is 5.92 Å². The molecule has 0 saturated carbocycles. The fourth-order valence-electron chi connectivity index (χ4n) is 1.18. The molecule has 0 unspecified atom stereocenters. The molecule has 3 heteroatoms. The van der Waals surface area contributed by atoms with Gasteiger partial charge in [-0.3, -0.25) is 4.79 Å². The average molecular weight is 197 g/mol. The van der Waals surface area contributed by atoms with E-state index in [2.05, 4.69) is 18.8 Å². The molecule has 0 aromatic carbocycles. The van der Waals surface area contributed by atoms with Crippen molar-refractivity contribution in [1.82, 2.24) is 4.98 Å². The van der Waals surface area contributed by atoms with Crippen molar-refractivity contribution in [3.05, 3.63) is 16.1 Å². The zero-order valence-electron chi connectivity index (χ0n) is 8.33. The van der Waals surface area contributed by atoms with Crippen molar-refractivity contribution in [3.8, 4) is 0 Å². The van der Waals surface area contributed by atoms with Gasteiger partial charge in [-0.25, -0.2) is 4.98 Å². The van der Waals surface area contributed by atoms with E-state index in [9.17, 15) is 4.79 Å². The maximum absolute atomic E-state index is 11.4. The third kappa shape index (κ3) is 3.68. The maximum atomic E-state index is 11.4. The van der Waals surface area contributed by atoms with Crippen molar-refractivity contribution in [3.63, 3.8) is 0 Å². The molecule has 72 valence electrons. The zero-order valence-corrected chi connectivity index (χ0v) is 9.15. The third-order valence-electron chi connectivity index (χ3n) is 1.65. The minimum absolute atomic E-state index is 0.296. The first kappa shape index (κ1) is 10.4. The lowest BCUT2D eigenvalue weighted by Crippen LogP contribution is -2.05. The van der Waals surface area contributed by atoms with Gasteiger partial charge in [-0.1, -0.05) is 13.8 Å². The van der Waals surface area contributed by atoms with Crippen LogP contribution < -0.4 is 0 Å². The number of carbonyl (C=O) groups excluding carboxylic acids is 1. The standard InChI is InChI=1S/C10H15NOS/c1-7(2)4-9(12)5-10-11-8(3)6-13-10/h6-7H,4-5H2,1-3H3. The topological polar surface area (TPSA) is 30.0 Å². The molecule has 0 atom stereocenters. The van der Waals surface area contributed by atoms with Crippen LogP contribution in [0, 0.1) is 12.8 Å². The Kier molecular flexibility index (Phi) is 3.60. The third-order valence-corrected chi connectivity index (χ3v) is 2.62. The average Bonchev–Trinajstić information content (AvgIpc) is 2.33. The van der Waals surface area contributed by atoms with Gasteiger partial charge in [-0.15, -0.1) is 11.3 Å². The SMILES string of the molecule is Cc1csc(CC(=O)CC(C)C)n1. The van der Waals surface area contributed by atoms with Crippen LogP contribution in [0.3, 0.4) is 0 Å². The summed E-state index contributed by atoms with van der Waals surface area (Å²) >= 11 is 1.57. The molecule has 1 heterocycles. The van der Waals surface area contributed by atoms with Crippen LogP contribution in [-0.4, -0.2) is 10.8 Å². The van der Waals surface area contributed by atoms with Gasteiger partial charge in [0.15, 0.2) is 0 Å². The first-order valence-corrected chi connectivity index (χ1v) is 5.38. The molecule has 2 nitrogen and oxygen atoms in total. The van der Waals surface area contributed by atoms with E-state index in [0.29, 0.717) is 24.5 Å². The fourth-order valence-corrected chi connectivity index (χ4v) is 1.98. The largest absolute Gasteiger partial charge is 0.299 e. The molecule has 0 aliphatic carbocycles. The second-order valence-corrected chi connectivity index (χ2v) is 4.64. The van der Waals surface area contributed by atoms with Gasteiger partial charge in [0.1, 0.15) is 10.8 Å². The summed E-state index contributed by atoms with van der Waals surface area (Å²) in [5.41, 5.74) is 1.01. The highest BCUT2D eigenvalue weighted by Gasteiger charge is 2.08. The normalized spacial score (nSPS) is 10.8. The Balaban J connectivity index is 2.45. The summed E-state index contributed by atoms with van der Waals surface area (Å²) in [5.74, 6) is 0.748. The summed E-state index contributed by atoms with van der Waals surface area (Å²) in [4.78, 5) is 15.7. The Morgan fingerprint density at radius 2 is 2.31 bits per heavy atom. The summed E-state index contributed by atoms with van der Waals surface area (Å²) in [6.45, 7) is 6.07. The fraction of sp³-hybridized carbons (Fsp3) is 0.600. The number of carbonyl (C=O) groups is 1. The molecule has 13 heavy (non-hydrogen) atoms. The molecule has 0 N–H and O–H groups in total. The smallest absolute Gasteiger partial charge is 0.139 e. The molecule has 0 aliphatic heterocycles. The number of aryl methyl sites for hydroxylation is 1. The Bertz CT molecular complexity index is 291. The van der Waals surface area contributed by atoms with E-state index in [-0.39, 0.29) is 0 Å². The highest BCUT2D eigenvalue weighted by Crippen LogP contribution is 2.11. The van der Waals surface area contributed by atoms with Crippen molar-refractivity contribution in [1.29, 1.82) is 0 Å². The van der Waals surface area contributed by atoms with Crippen LogP contribution in [0.25, 0.3) is 0 Å². The summed E-state index contributed by atoms with van der Waals surface area (Å²) < 4.78 is 0. The van der Waals surface area contributed by atoms with Crippen molar-refractivity contribution in [2.45, 2.75) is 33.6 Å². The van der Waals surface area contributed by atoms with Crippen LogP contribution in [-0.2, 0) is 11.2 Å². The number of Topliss-reactive ketones (excluding diaryl/α,β-unsaturated/α-hetero) is 1. The molecule has 0 amide bonds. The van der Waals surface area contributed by atoms with E-state index < -0.39 is 0 Å². The lowest BCUT2D eigenvalue weighted by atomic mass is 10.1. The first-order valence-electron chi connectivity index (χ1n) is 4.50. The quantitative estimate of drug-likeness (QED) is 0.742. The maximum Gasteiger partial charge on any atom is 0.139 e. The number of hydrogen-bond donors (Lipinski definition) is 0. The molecule has 0 fully saturated rings.